The van der Waals surface area contributed by atoms with E-state index in [9.17, 15) is 8.42 Å². The van der Waals surface area contributed by atoms with Gasteiger partial charge in [0, 0.05) is 25.9 Å². The Kier molecular flexibility index (Phi) is 4.08. The van der Waals surface area contributed by atoms with E-state index in [1.165, 1.54) is 0 Å². The van der Waals surface area contributed by atoms with Crippen molar-refractivity contribution in [2.24, 2.45) is 0 Å². The molecule has 0 bridgehead atoms. The van der Waals surface area contributed by atoms with Crippen LogP contribution < -0.4 is 0 Å². The highest BCUT2D eigenvalue weighted by Gasteiger charge is 2.41. The quantitative estimate of drug-likeness (QED) is 0.838. The minimum Gasteiger partial charge on any atom is -0.350 e. The van der Waals surface area contributed by atoms with E-state index in [4.69, 9.17) is 9.47 Å². The molecule has 2 aliphatic heterocycles. The molecule has 0 saturated carbocycles. The van der Waals surface area contributed by atoms with Gasteiger partial charge in [-0.2, -0.15) is 4.31 Å². The molecule has 2 aromatic carbocycles. The highest BCUT2D eigenvalue weighted by molar-refractivity contribution is 7.89. The molecule has 0 amide bonds. The first-order valence-electron chi connectivity index (χ1n) is 8.36. The second kappa shape index (κ2) is 6.11. The van der Waals surface area contributed by atoms with Gasteiger partial charge in [0.2, 0.25) is 10.0 Å². The number of nitrogens with zero attached hydrogens (tertiary/aromatic N) is 1. The molecule has 2 fully saturated rings. The lowest BCUT2D eigenvalue weighted by molar-refractivity contribution is -0.280. The van der Waals surface area contributed by atoms with E-state index in [0.717, 1.165) is 17.2 Å². The Morgan fingerprint density at radius 1 is 0.917 bits per heavy atom. The van der Waals surface area contributed by atoms with Gasteiger partial charge in [0.15, 0.2) is 5.79 Å². The molecule has 0 unspecified atom stereocenters. The highest BCUT2D eigenvalue weighted by Crippen LogP contribution is 2.33. The fourth-order valence-electron chi connectivity index (χ4n) is 3.45. The van der Waals surface area contributed by atoms with Crippen molar-refractivity contribution in [3.05, 3.63) is 42.5 Å². The molecule has 2 heterocycles. The molecule has 128 valence electrons. The lowest BCUT2D eigenvalue weighted by atomic mass is 10.0. The van der Waals surface area contributed by atoms with E-state index in [-0.39, 0.29) is 0 Å². The minimum atomic E-state index is -3.49. The predicted octanol–water partition coefficient (Wildman–Crippen LogP) is 2.76. The maximum atomic E-state index is 12.9. The number of rotatable bonds is 2. The van der Waals surface area contributed by atoms with Crippen LogP contribution in [0.15, 0.2) is 47.4 Å². The zero-order valence-electron chi connectivity index (χ0n) is 13.5. The fraction of sp³-hybridized carbons (Fsp3) is 0.444. The molecule has 24 heavy (non-hydrogen) atoms. The first kappa shape index (κ1) is 16.0. The largest absolute Gasteiger partial charge is 0.350 e. The number of hydrogen-bond acceptors (Lipinski definition) is 4. The van der Waals surface area contributed by atoms with Gasteiger partial charge in [0.1, 0.15) is 0 Å². The molecule has 1 spiro atoms. The van der Waals surface area contributed by atoms with Gasteiger partial charge in [-0.25, -0.2) is 8.42 Å². The minimum absolute atomic E-state index is 0.350. The Morgan fingerprint density at radius 2 is 1.58 bits per heavy atom. The Hall–Kier alpha value is -1.47. The highest BCUT2D eigenvalue weighted by atomic mass is 32.2. The van der Waals surface area contributed by atoms with Crippen molar-refractivity contribution in [1.82, 2.24) is 4.31 Å². The Morgan fingerprint density at radius 3 is 2.29 bits per heavy atom. The number of hydrogen-bond donors (Lipinski definition) is 0. The third kappa shape index (κ3) is 2.84. The van der Waals surface area contributed by atoms with E-state index in [1.54, 1.807) is 16.4 Å². The fourth-order valence-corrected chi connectivity index (χ4v) is 4.93. The SMILES string of the molecule is O=S(=O)(c1ccc2ccccc2c1)N1CCC2(CC1)OCCCO2. The Labute approximate surface area is 142 Å². The molecular weight excluding hydrogens is 326 g/mol. The van der Waals surface area contributed by atoms with Gasteiger partial charge in [-0.3, -0.25) is 0 Å². The summed E-state index contributed by atoms with van der Waals surface area (Å²) in [5.41, 5.74) is 0. The van der Waals surface area contributed by atoms with Crippen LogP contribution in [0.1, 0.15) is 19.3 Å². The normalized spacial score (nSPS) is 22.0. The molecular formula is C18H21NO4S. The van der Waals surface area contributed by atoms with Gasteiger partial charge in [-0.1, -0.05) is 30.3 Å². The number of ether oxygens (including phenoxy) is 2. The molecule has 2 saturated heterocycles. The smallest absolute Gasteiger partial charge is 0.243 e. The summed E-state index contributed by atoms with van der Waals surface area (Å²) in [4.78, 5) is 0.350. The molecule has 0 radical (unpaired) electrons. The summed E-state index contributed by atoms with van der Waals surface area (Å²) in [7, 11) is -3.49. The van der Waals surface area contributed by atoms with Crippen molar-refractivity contribution in [2.45, 2.75) is 29.9 Å². The molecule has 4 rings (SSSR count). The zero-order chi connectivity index (χ0) is 16.6. The van der Waals surface area contributed by atoms with Gasteiger partial charge < -0.3 is 9.47 Å². The second-order valence-corrected chi connectivity index (χ2v) is 8.31. The summed E-state index contributed by atoms with van der Waals surface area (Å²) in [6.07, 6.45) is 2.07. The molecule has 0 N–H and O–H groups in total. The van der Waals surface area contributed by atoms with Crippen LogP contribution in [-0.4, -0.2) is 44.8 Å². The average molecular weight is 347 g/mol. The summed E-state index contributed by atoms with van der Waals surface area (Å²) in [5, 5.41) is 1.98. The molecule has 2 aromatic rings. The molecule has 0 aromatic heterocycles. The van der Waals surface area contributed by atoms with Crippen LogP contribution in [0.3, 0.4) is 0 Å². The molecule has 2 aliphatic rings. The average Bonchev–Trinajstić information content (AvgIpc) is 2.62. The first-order valence-corrected chi connectivity index (χ1v) is 9.80. The van der Waals surface area contributed by atoms with Crippen molar-refractivity contribution in [2.75, 3.05) is 26.3 Å². The van der Waals surface area contributed by atoms with Crippen molar-refractivity contribution in [1.29, 1.82) is 0 Å². The summed E-state index contributed by atoms with van der Waals surface area (Å²) >= 11 is 0. The predicted molar refractivity (Wildman–Crippen MR) is 91.2 cm³/mol. The summed E-state index contributed by atoms with van der Waals surface area (Å²) in [5.74, 6) is -0.576. The Bertz CT molecular complexity index is 833. The third-order valence-corrected chi connectivity index (χ3v) is 6.76. The van der Waals surface area contributed by atoms with E-state index in [0.29, 0.717) is 44.0 Å². The molecule has 5 nitrogen and oxygen atoms in total. The summed E-state index contributed by atoms with van der Waals surface area (Å²) < 4.78 is 39.0. The monoisotopic (exact) mass is 347 g/mol. The molecule has 6 heteroatoms. The zero-order valence-corrected chi connectivity index (χ0v) is 14.3. The first-order chi connectivity index (χ1) is 11.6. The number of sulfonamides is 1. The van der Waals surface area contributed by atoms with Crippen molar-refractivity contribution < 1.29 is 17.9 Å². The van der Waals surface area contributed by atoms with Gasteiger partial charge in [0.05, 0.1) is 18.1 Å². The summed E-state index contributed by atoms with van der Waals surface area (Å²) in [6, 6.07) is 13.1. The standard InChI is InChI=1S/C18H21NO4S/c20-24(21,17-7-6-15-4-1-2-5-16(15)14-17)19-10-8-18(9-11-19)22-12-3-13-23-18/h1-2,4-7,14H,3,8-13H2. The van der Waals surface area contributed by atoms with E-state index < -0.39 is 15.8 Å². The number of piperidine rings is 1. The maximum absolute atomic E-state index is 12.9. The van der Waals surface area contributed by atoms with E-state index >= 15 is 0 Å². The topological polar surface area (TPSA) is 55.8 Å². The lowest BCUT2D eigenvalue weighted by Gasteiger charge is -2.42. The van der Waals surface area contributed by atoms with E-state index in [2.05, 4.69) is 0 Å². The summed E-state index contributed by atoms with van der Waals surface area (Å²) in [6.45, 7) is 2.24. The van der Waals surface area contributed by atoms with Crippen LogP contribution >= 0.6 is 0 Å². The van der Waals surface area contributed by atoms with Gasteiger partial charge in [-0.15, -0.1) is 0 Å². The second-order valence-electron chi connectivity index (χ2n) is 6.37. The number of benzene rings is 2. The van der Waals surface area contributed by atoms with Gasteiger partial charge in [-0.05, 0) is 29.3 Å². The van der Waals surface area contributed by atoms with Crippen LogP contribution in [0, 0.1) is 0 Å². The van der Waals surface area contributed by atoms with Crippen LogP contribution in [0.2, 0.25) is 0 Å². The lowest BCUT2D eigenvalue weighted by Crippen LogP contribution is -2.51. The van der Waals surface area contributed by atoms with Gasteiger partial charge >= 0.3 is 0 Å². The molecule has 0 aliphatic carbocycles. The van der Waals surface area contributed by atoms with Crippen LogP contribution in [0.4, 0.5) is 0 Å². The Balaban J connectivity index is 1.56. The number of fused-ring (bicyclic) bond motifs is 1. The van der Waals surface area contributed by atoms with Crippen molar-refractivity contribution >= 4 is 20.8 Å². The molecule has 0 atom stereocenters. The van der Waals surface area contributed by atoms with Crippen molar-refractivity contribution in [3.63, 3.8) is 0 Å². The van der Waals surface area contributed by atoms with Crippen molar-refractivity contribution in [3.8, 4) is 0 Å². The maximum Gasteiger partial charge on any atom is 0.243 e. The third-order valence-electron chi connectivity index (χ3n) is 4.86. The van der Waals surface area contributed by atoms with E-state index in [1.807, 2.05) is 30.3 Å². The van der Waals surface area contributed by atoms with Crippen LogP contribution in [-0.2, 0) is 19.5 Å². The van der Waals surface area contributed by atoms with Gasteiger partial charge in [0.25, 0.3) is 0 Å². The van der Waals surface area contributed by atoms with Crippen LogP contribution in [0.25, 0.3) is 10.8 Å². The van der Waals surface area contributed by atoms with Crippen LogP contribution in [0.5, 0.6) is 0 Å².